The molecule has 1 saturated carbocycles. The number of amides is 1. The van der Waals surface area contributed by atoms with Crippen molar-refractivity contribution in [3.8, 4) is 0 Å². The Morgan fingerprint density at radius 3 is 2.25 bits per heavy atom. The lowest BCUT2D eigenvalue weighted by Gasteiger charge is -2.25. The maximum Gasteiger partial charge on any atom is 0.220 e. The summed E-state index contributed by atoms with van der Waals surface area (Å²) in [5.74, 6) is 0.793. The third-order valence-corrected chi connectivity index (χ3v) is 4.41. The molecule has 0 spiro atoms. The van der Waals surface area contributed by atoms with Crippen LogP contribution in [0.5, 0.6) is 0 Å². The van der Waals surface area contributed by atoms with Crippen molar-refractivity contribution in [3.05, 3.63) is 0 Å². The van der Waals surface area contributed by atoms with Crippen LogP contribution in [0.3, 0.4) is 0 Å². The van der Waals surface area contributed by atoms with Crippen LogP contribution < -0.4 is 5.32 Å². The molecule has 0 heterocycles. The van der Waals surface area contributed by atoms with Crippen LogP contribution in [0.2, 0.25) is 0 Å². The van der Waals surface area contributed by atoms with E-state index in [4.69, 9.17) is 0 Å². The molecule has 1 fully saturated rings. The Kier molecular flexibility index (Phi) is 9.73. The van der Waals surface area contributed by atoms with Gasteiger partial charge >= 0.3 is 0 Å². The molecule has 0 atom stereocenters. The normalized spacial score (nSPS) is 22.7. The van der Waals surface area contributed by atoms with Gasteiger partial charge in [-0.05, 0) is 38.0 Å². The van der Waals surface area contributed by atoms with Gasteiger partial charge in [-0.3, -0.25) is 4.79 Å². The summed E-state index contributed by atoms with van der Waals surface area (Å²) >= 11 is 0. The molecule has 1 aliphatic carbocycles. The van der Waals surface area contributed by atoms with E-state index in [1.54, 1.807) is 0 Å². The van der Waals surface area contributed by atoms with Gasteiger partial charge in [0.25, 0.3) is 0 Å². The fraction of sp³-hybridized carbons (Fsp3) is 0.941. The third kappa shape index (κ3) is 8.57. The number of aliphatic hydroxyl groups is 1. The Hall–Kier alpha value is -0.570. The molecule has 1 aliphatic rings. The Balaban J connectivity index is 1.90. The number of hydrogen-bond acceptors (Lipinski definition) is 2. The molecule has 3 nitrogen and oxygen atoms in total. The molecule has 0 aromatic rings. The largest absolute Gasteiger partial charge is 0.393 e. The van der Waals surface area contributed by atoms with Crippen molar-refractivity contribution in [3.63, 3.8) is 0 Å². The van der Waals surface area contributed by atoms with Gasteiger partial charge in [-0.25, -0.2) is 0 Å². The Bertz CT molecular complexity index is 247. The first-order valence-electron chi connectivity index (χ1n) is 8.67. The van der Waals surface area contributed by atoms with Gasteiger partial charge in [-0.1, -0.05) is 45.4 Å². The van der Waals surface area contributed by atoms with Crippen molar-refractivity contribution in [1.82, 2.24) is 5.32 Å². The molecule has 20 heavy (non-hydrogen) atoms. The number of rotatable bonds is 10. The van der Waals surface area contributed by atoms with Crippen LogP contribution in [0.4, 0.5) is 0 Å². The quantitative estimate of drug-likeness (QED) is 0.599. The highest BCUT2D eigenvalue weighted by Crippen LogP contribution is 2.23. The van der Waals surface area contributed by atoms with Gasteiger partial charge in [0.1, 0.15) is 0 Å². The smallest absolute Gasteiger partial charge is 0.220 e. The Morgan fingerprint density at radius 2 is 1.60 bits per heavy atom. The van der Waals surface area contributed by atoms with Crippen molar-refractivity contribution in [2.45, 2.75) is 90.1 Å². The molecule has 0 bridgehead atoms. The first-order chi connectivity index (χ1) is 9.72. The van der Waals surface area contributed by atoms with E-state index in [1.165, 1.54) is 38.5 Å². The van der Waals surface area contributed by atoms with E-state index < -0.39 is 0 Å². The fourth-order valence-electron chi connectivity index (χ4n) is 2.94. The SMILES string of the molecule is CCCCCCCCCC(=O)NCC1CCC(O)CC1. The molecule has 118 valence electrons. The number of carbonyl (C=O) groups is 1. The molecule has 0 saturated heterocycles. The van der Waals surface area contributed by atoms with Gasteiger partial charge in [0.05, 0.1) is 6.10 Å². The summed E-state index contributed by atoms with van der Waals surface area (Å²) < 4.78 is 0. The molecule has 2 N–H and O–H groups in total. The predicted molar refractivity (Wildman–Crippen MR) is 83.6 cm³/mol. The summed E-state index contributed by atoms with van der Waals surface area (Å²) in [5, 5.41) is 12.5. The van der Waals surface area contributed by atoms with E-state index in [-0.39, 0.29) is 12.0 Å². The van der Waals surface area contributed by atoms with Crippen molar-refractivity contribution >= 4 is 5.91 Å². The monoisotopic (exact) mass is 283 g/mol. The third-order valence-electron chi connectivity index (χ3n) is 4.41. The summed E-state index contributed by atoms with van der Waals surface area (Å²) in [6.07, 6.45) is 13.3. The minimum absolute atomic E-state index is 0.102. The van der Waals surface area contributed by atoms with E-state index in [1.807, 2.05) is 0 Å². The van der Waals surface area contributed by atoms with Gasteiger partial charge < -0.3 is 10.4 Å². The number of carbonyl (C=O) groups excluding carboxylic acids is 1. The highest BCUT2D eigenvalue weighted by Gasteiger charge is 2.19. The summed E-state index contributed by atoms with van der Waals surface area (Å²) in [5.41, 5.74) is 0. The predicted octanol–water partition coefficient (Wildman–Crippen LogP) is 3.79. The van der Waals surface area contributed by atoms with E-state index >= 15 is 0 Å². The van der Waals surface area contributed by atoms with E-state index in [9.17, 15) is 9.90 Å². The zero-order valence-electron chi connectivity index (χ0n) is 13.2. The first-order valence-corrected chi connectivity index (χ1v) is 8.67. The topological polar surface area (TPSA) is 49.3 Å². The molecule has 0 unspecified atom stereocenters. The van der Waals surface area contributed by atoms with Crippen LogP contribution in [-0.2, 0) is 4.79 Å². The highest BCUT2D eigenvalue weighted by atomic mass is 16.3. The number of aliphatic hydroxyl groups excluding tert-OH is 1. The fourth-order valence-corrected chi connectivity index (χ4v) is 2.94. The standard InChI is InChI=1S/C17H33NO2/c1-2-3-4-5-6-7-8-9-17(20)18-14-15-10-12-16(19)13-11-15/h15-16,19H,2-14H2,1H3,(H,18,20). The Labute approximate surface area is 124 Å². The minimum Gasteiger partial charge on any atom is -0.393 e. The van der Waals surface area contributed by atoms with Gasteiger partial charge in [0.15, 0.2) is 0 Å². The molecule has 0 aromatic carbocycles. The van der Waals surface area contributed by atoms with Gasteiger partial charge in [-0.15, -0.1) is 0 Å². The van der Waals surface area contributed by atoms with Gasteiger partial charge in [-0.2, -0.15) is 0 Å². The lowest BCUT2D eigenvalue weighted by atomic mass is 9.87. The average molecular weight is 283 g/mol. The summed E-state index contributed by atoms with van der Waals surface area (Å²) in [7, 11) is 0. The number of nitrogens with one attached hydrogen (secondary N) is 1. The second-order valence-corrected chi connectivity index (χ2v) is 6.35. The molecule has 0 aromatic heterocycles. The molecular weight excluding hydrogens is 250 g/mol. The van der Waals surface area contributed by atoms with Crippen LogP contribution in [0.15, 0.2) is 0 Å². The second-order valence-electron chi connectivity index (χ2n) is 6.35. The zero-order valence-corrected chi connectivity index (χ0v) is 13.2. The zero-order chi connectivity index (χ0) is 14.6. The molecule has 0 aliphatic heterocycles. The maximum atomic E-state index is 11.7. The average Bonchev–Trinajstić information content (AvgIpc) is 2.46. The molecule has 1 amide bonds. The van der Waals surface area contributed by atoms with E-state index in [2.05, 4.69) is 12.2 Å². The van der Waals surface area contributed by atoms with Crippen molar-refractivity contribution in [2.24, 2.45) is 5.92 Å². The summed E-state index contributed by atoms with van der Waals surface area (Å²) in [4.78, 5) is 11.7. The summed E-state index contributed by atoms with van der Waals surface area (Å²) in [6, 6.07) is 0. The number of unbranched alkanes of at least 4 members (excludes halogenated alkanes) is 6. The van der Waals surface area contributed by atoms with Crippen molar-refractivity contribution in [1.29, 1.82) is 0 Å². The molecule has 0 radical (unpaired) electrons. The van der Waals surface area contributed by atoms with Crippen molar-refractivity contribution < 1.29 is 9.90 Å². The van der Waals surface area contributed by atoms with Crippen LogP contribution >= 0.6 is 0 Å². The van der Waals surface area contributed by atoms with E-state index in [0.717, 1.165) is 38.6 Å². The molecule has 3 heteroatoms. The van der Waals surface area contributed by atoms with Crippen LogP contribution in [0, 0.1) is 5.92 Å². The maximum absolute atomic E-state index is 11.7. The minimum atomic E-state index is -0.102. The molecule has 1 rings (SSSR count). The number of hydrogen-bond donors (Lipinski definition) is 2. The van der Waals surface area contributed by atoms with Gasteiger partial charge in [0.2, 0.25) is 5.91 Å². The lowest BCUT2D eigenvalue weighted by molar-refractivity contribution is -0.121. The van der Waals surface area contributed by atoms with Crippen LogP contribution in [0.1, 0.15) is 84.0 Å². The van der Waals surface area contributed by atoms with Crippen molar-refractivity contribution in [2.75, 3.05) is 6.54 Å². The Morgan fingerprint density at radius 1 is 1.00 bits per heavy atom. The first kappa shape index (κ1) is 17.5. The van der Waals surface area contributed by atoms with E-state index in [0.29, 0.717) is 12.3 Å². The van der Waals surface area contributed by atoms with Crippen LogP contribution in [0.25, 0.3) is 0 Å². The van der Waals surface area contributed by atoms with Crippen LogP contribution in [-0.4, -0.2) is 23.7 Å². The lowest BCUT2D eigenvalue weighted by Crippen LogP contribution is -2.31. The summed E-state index contributed by atoms with van der Waals surface area (Å²) in [6.45, 7) is 3.04. The highest BCUT2D eigenvalue weighted by molar-refractivity contribution is 5.75. The van der Waals surface area contributed by atoms with Gasteiger partial charge in [0, 0.05) is 13.0 Å². The second kappa shape index (κ2) is 11.1. The molecular formula is C17H33NO2.